The third kappa shape index (κ3) is 5.66. The van der Waals surface area contributed by atoms with E-state index in [0.717, 1.165) is 6.07 Å². The van der Waals surface area contributed by atoms with Crippen LogP contribution in [0.4, 0.5) is 22.4 Å². The summed E-state index contributed by atoms with van der Waals surface area (Å²) in [6, 6.07) is 3.64. The molecule has 2 aliphatic rings. The number of carbonyl (C=O) groups excluding carboxylic acids is 1. The number of nitrogens with zero attached hydrogens (tertiary/aromatic N) is 2. The summed E-state index contributed by atoms with van der Waals surface area (Å²) in [5.74, 6) is 0. The second kappa shape index (κ2) is 8.55. The number of ether oxygens (including phenoxy) is 1. The van der Waals surface area contributed by atoms with Crippen LogP contribution in [0, 0.1) is 3.57 Å². The van der Waals surface area contributed by atoms with Gasteiger partial charge in [0.2, 0.25) is 0 Å². The van der Waals surface area contributed by atoms with Crippen molar-refractivity contribution in [2.75, 3.05) is 22.1 Å². The van der Waals surface area contributed by atoms with E-state index >= 15 is 4.39 Å². The Hall–Kier alpha value is -0.910. The van der Waals surface area contributed by atoms with Gasteiger partial charge in [0.25, 0.3) is 0 Å². The van der Waals surface area contributed by atoms with Crippen LogP contribution in [0.3, 0.4) is 0 Å². The van der Waals surface area contributed by atoms with E-state index in [1.807, 2.05) is 0 Å². The van der Waals surface area contributed by atoms with E-state index in [9.17, 15) is 18.0 Å². The van der Waals surface area contributed by atoms with Gasteiger partial charge in [-0.15, -0.1) is 0 Å². The summed E-state index contributed by atoms with van der Waals surface area (Å²) in [4.78, 5) is 18.1. The Bertz CT molecular complexity index is 846. The molecule has 0 saturated carbocycles. The zero-order valence-corrected chi connectivity index (χ0v) is 20.7. The third-order valence-corrected chi connectivity index (χ3v) is 11.5. The average Bonchev–Trinajstić information content (AvgIpc) is 2.62. The van der Waals surface area contributed by atoms with Crippen molar-refractivity contribution in [2.45, 2.75) is 51.1 Å². The molecule has 1 fully saturated rings. The number of hydrogen-bond donors (Lipinski definition) is 0. The Morgan fingerprint density at radius 2 is 1.90 bits per heavy atom. The molecule has 0 spiro atoms. The Balaban J connectivity index is 1.73. The molecule has 4 nitrogen and oxygen atoms in total. The molecule has 10 heteroatoms. The van der Waals surface area contributed by atoms with E-state index < -0.39 is 48.9 Å². The minimum atomic E-state index is -4.44. The quantitative estimate of drug-likeness (QED) is 0.173. The SMILES string of the molecule is CC(C)(C)OC(=O)N1CCC(F)(CI2CN=C(Br)c3ccc(C(F)(F)F)cc32)CC1. The van der Waals surface area contributed by atoms with Gasteiger partial charge in [-0.2, -0.15) is 0 Å². The van der Waals surface area contributed by atoms with E-state index in [1.165, 1.54) is 17.0 Å². The predicted molar refractivity (Wildman–Crippen MR) is 120 cm³/mol. The fraction of sp³-hybridized carbons (Fsp3) is 0.600. The molecule has 0 aromatic heterocycles. The normalized spacial score (nSPS) is 20.5. The number of rotatable bonds is 2. The first-order valence-electron chi connectivity index (χ1n) is 9.48. The molecule has 0 bridgehead atoms. The molecular weight excluding hydrogens is 583 g/mol. The van der Waals surface area contributed by atoms with E-state index in [1.54, 1.807) is 20.8 Å². The second-order valence-corrected chi connectivity index (χ2v) is 14.4. The van der Waals surface area contributed by atoms with Crippen LogP contribution >= 0.6 is 35.7 Å². The van der Waals surface area contributed by atoms with Crippen LogP contribution in [0.15, 0.2) is 23.2 Å². The third-order valence-electron chi connectivity index (χ3n) is 4.86. The van der Waals surface area contributed by atoms with E-state index in [0.29, 0.717) is 18.3 Å². The van der Waals surface area contributed by atoms with Gasteiger partial charge in [-0.05, 0) is 0 Å². The van der Waals surface area contributed by atoms with Crippen LogP contribution in [0.5, 0.6) is 0 Å². The molecule has 0 aliphatic carbocycles. The molecule has 2 heterocycles. The predicted octanol–water partition coefficient (Wildman–Crippen LogP) is 6.23. The maximum absolute atomic E-state index is 15.6. The number of fused-ring (bicyclic) bond motifs is 1. The van der Waals surface area contributed by atoms with E-state index in [4.69, 9.17) is 4.74 Å². The average molecular weight is 607 g/mol. The number of hydrogen-bond acceptors (Lipinski definition) is 3. The fourth-order valence-electron chi connectivity index (χ4n) is 3.31. The Morgan fingerprint density at radius 3 is 2.47 bits per heavy atom. The first kappa shape index (κ1) is 23.7. The molecule has 30 heavy (non-hydrogen) atoms. The van der Waals surface area contributed by atoms with Gasteiger partial charge in [0, 0.05) is 0 Å². The molecule has 3 rings (SSSR count). The molecule has 1 saturated heterocycles. The molecular formula is C20H24BrF4IN2O2. The van der Waals surface area contributed by atoms with Gasteiger partial charge < -0.3 is 0 Å². The standard InChI is InChI=1S/C20H24BrF4IN2O2/c1-18(2,3)30-17(29)28-8-6-19(22,7-9-28)11-26-12-27-16(21)14-5-4-13(10-15(14)26)20(23,24)25/h4-5,10H,6-9,11-12H2,1-3H3. The van der Waals surface area contributed by atoms with Crippen molar-refractivity contribution in [3.63, 3.8) is 0 Å². The molecule has 1 aromatic rings. The number of aliphatic imine (C=N–C) groups is 1. The van der Waals surface area contributed by atoms with Gasteiger partial charge in [-0.3, -0.25) is 0 Å². The fourth-order valence-corrected chi connectivity index (χ4v) is 10.8. The number of likely N-dealkylation sites (tertiary alicyclic amines) is 1. The van der Waals surface area contributed by atoms with Crippen molar-refractivity contribution in [1.29, 1.82) is 0 Å². The van der Waals surface area contributed by atoms with E-state index in [-0.39, 0.29) is 30.4 Å². The Morgan fingerprint density at radius 1 is 1.27 bits per heavy atom. The maximum atomic E-state index is 15.6. The summed E-state index contributed by atoms with van der Waals surface area (Å²) in [7, 11) is 0. The summed E-state index contributed by atoms with van der Waals surface area (Å²) < 4.78 is 62.3. The van der Waals surface area contributed by atoms with Crippen molar-refractivity contribution in [3.05, 3.63) is 32.9 Å². The molecule has 0 radical (unpaired) electrons. The molecule has 1 aromatic carbocycles. The van der Waals surface area contributed by atoms with Crippen LogP contribution in [0.1, 0.15) is 44.7 Å². The summed E-state index contributed by atoms with van der Waals surface area (Å²) in [5, 5.41) is 0. The van der Waals surface area contributed by atoms with Crippen LogP contribution in [-0.4, -0.2) is 49.0 Å². The van der Waals surface area contributed by atoms with Gasteiger partial charge in [0.1, 0.15) is 0 Å². The van der Waals surface area contributed by atoms with Crippen molar-refractivity contribution >= 4 is 46.5 Å². The first-order valence-corrected chi connectivity index (χ1v) is 14.4. The topological polar surface area (TPSA) is 41.9 Å². The monoisotopic (exact) mass is 606 g/mol. The number of halogens is 6. The number of benzene rings is 1. The second-order valence-electron chi connectivity index (χ2n) is 8.47. The van der Waals surface area contributed by atoms with Gasteiger partial charge in [-0.1, -0.05) is 0 Å². The molecule has 0 atom stereocenters. The molecule has 0 N–H and O–H groups in total. The van der Waals surface area contributed by atoms with Crippen LogP contribution in [0.25, 0.3) is 0 Å². The van der Waals surface area contributed by atoms with Gasteiger partial charge in [0.15, 0.2) is 0 Å². The van der Waals surface area contributed by atoms with Crippen molar-refractivity contribution in [3.8, 4) is 0 Å². The minimum absolute atomic E-state index is 0.152. The number of carbonyl (C=O) groups is 1. The Kier molecular flexibility index (Phi) is 6.77. The number of alkyl halides is 6. The van der Waals surface area contributed by atoms with Crippen LogP contribution in [-0.2, 0) is 10.9 Å². The zero-order chi connectivity index (χ0) is 22.3. The van der Waals surface area contributed by atoms with Crippen LogP contribution in [0.2, 0.25) is 0 Å². The summed E-state index contributed by atoms with van der Waals surface area (Å²) >= 11 is 0.997. The van der Waals surface area contributed by atoms with Crippen LogP contribution < -0.4 is 0 Å². The van der Waals surface area contributed by atoms with Crippen molar-refractivity contribution in [1.82, 2.24) is 4.90 Å². The molecule has 1 amide bonds. The van der Waals surface area contributed by atoms with E-state index in [2.05, 4.69) is 20.9 Å². The zero-order valence-electron chi connectivity index (χ0n) is 17.0. The molecule has 2 aliphatic heterocycles. The Labute approximate surface area is 188 Å². The molecule has 0 unspecified atom stereocenters. The first-order chi connectivity index (χ1) is 13.8. The van der Waals surface area contributed by atoms with Gasteiger partial charge >= 0.3 is 189 Å². The molecule has 168 valence electrons. The summed E-state index contributed by atoms with van der Waals surface area (Å²) in [6.07, 6.45) is -4.60. The summed E-state index contributed by atoms with van der Waals surface area (Å²) in [6.45, 7) is 5.79. The van der Waals surface area contributed by atoms with Crippen molar-refractivity contribution in [2.24, 2.45) is 4.99 Å². The number of piperidine rings is 1. The van der Waals surface area contributed by atoms with Crippen molar-refractivity contribution < 1.29 is 27.1 Å². The number of amides is 1. The van der Waals surface area contributed by atoms with Gasteiger partial charge in [0.05, 0.1) is 0 Å². The summed E-state index contributed by atoms with van der Waals surface area (Å²) in [5.41, 5.74) is -2.20. The van der Waals surface area contributed by atoms with Gasteiger partial charge in [-0.25, -0.2) is 0 Å².